The number of rotatable bonds is 6. The molecule has 4 heteroatoms. The lowest BCUT2D eigenvalue weighted by atomic mass is 9.89. The number of halogens is 1. The Kier molecular flexibility index (Phi) is 6.52. The summed E-state index contributed by atoms with van der Waals surface area (Å²) in [5.74, 6) is 2.09. The van der Waals surface area contributed by atoms with Crippen molar-refractivity contribution in [3.05, 3.63) is 28.2 Å². The molecule has 1 N–H and O–H groups in total. The van der Waals surface area contributed by atoms with Crippen molar-refractivity contribution in [3.63, 3.8) is 0 Å². The second-order valence-corrected chi connectivity index (χ2v) is 6.99. The van der Waals surface area contributed by atoms with Gasteiger partial charge in [-0.3, -0.25) is 0 Å². The molecule has 1 aromatic carbocycles. The van der Waals surface area contributed by atoms with E-state index in [9.17, 15) is 0 Å². The average molecular weight is 356 g/mol. The second-order valence-electron chi connectivity index (χ2n) is 6.14. The summed E-state index contributed by atoms with van der Waals surface area (Å²) in [4.78, 5) is 0. The van der Waals surface area contributed by atoms with Crippen LogP contribution in [0.4, 0.5) is 0 Å². The number of ether oxygens (including phenoxy) is 2. The van der Waals surface area contributed by atoms with Gasteiger partial charge in [-0.1, -0.05) is 19.9 Å². The van der Waals surface area contributed by atoms with Gasteiger partial charge in [-0.05, 0) is 58.9 Å². The lowest BCUT2D eigenvalue weighted by molar-refractivity contribution is -0.0279. The van der Waals surface area contributed by atoms with Gasteiger partial charge in [-0.15, -0.1) is 0 Å². The van der Waals surface area contributed by atoms with Crippen LogP contribution in [0.15, 0.2) is 22.7 Å². The number of benzene rings is 1. The van der Waals surface area contributed by atoms with Crippen LogP contribution in [-0.4, -0.2) is 26.8 Å². The lowest BCUT2D eigenvalue weighted by Gasteiger charge is -2.32. The second kappa shape index (κ2) is 8.16. The van der Waals surface area contributed by atoms with Gasteiger partial charge in [0.1, 0.15) is 5.75 Å². The molecule has 0 aromatic heterocycles. The van der Waals surface area contributed by atoms with Crippen molar-refractivity contribution in [3.8, 4) is 5.75 Å². The SMILES string of the molecule is COc1ccc(C2OCCCC2CNCC(C)C)cc1Br. The van der Waals surface area contributed by atoms with E-state index in [0.717, 1.165) is 36.3 Å². The molecule has 2 unspecified atom stereocenters. The van der Waals surface area contributed by atoms with Crippen molar-refractivity contribution in [1.29, 1.82) is 0 Å². The van der Waals surface area contributed by atoms with E-state index in [0.29, 0.717) is 11.8 Å². The zero-order valence-electron chi connectivity index (χ0n) is 13.2. The molecule has 21 heavy (non-hydrogen) atoms. The molecule has 1 fully saturated rings. The number of hydrogen-bond acceptors (Lipinski definition) is 3. The highest BCUT2D eigenvalue weighted by Crippen LogP contribution is 2.36. The Balaban J connectivity index is 2.05. The number of methoxy groups -OCH3 is 1. The highest BCUT2D eigenvalue weighted by Gasteiger charge is 2.27. The Labute approximate surface area is 136 Å². The third-order valence-electron chi connectivity index (χ3n) is 3.91. The van der Waals surface area contributed by atoms with Crippen LogP contribution in [0.25, 0.3) is 0 Å². The molecule has 0 spiro atoms. The Morgan fingerprint density at radius 2 is 2.24 bits per heavy atom. The fourth-order valence-electron chi connectivity index (χ4n) is 2.84. The molecule has 0 radical (unpaired) electrons. The normalized spacial score (nSPS) is 22.5. The predicted octanol–water partition coefficient (Wildman–Crippen LogP) is 4.17. The molecule has 1 aromatic rings. The summed E-state index contributed by atoms with van der Waals surface area (Å²) < 4.78 is 12.4. The van der Waals surface area contributed by atoms with Crippen molar-refractivity contribution in [2.75, 3.05) is 26.8 Å². The molecular formula is C17H26BrNO2. The maximum Gasteiger partial charge on any atom is 0.133 e. The van der Waals surface area contributed by atoms with Crippen LogP contribution in [0.5, 0.6) is 5.75 Å². The van der Waals surface area contributed by atoms with E-state index in [4.69, 9.17) is 9.47 Å². The first-order valence-corrected chi connectivity index (χ1v) is 8.57. The van der Waals surface area contributed by atoms with Crippen molar-refractivity contribution >= 4 is 15.9 Å². The molecule has 1 saturated heterocycles. The first kappa shape index (κ1) is 16.8. The quantitative estimate of drug-likeness (QED) is 0.830. The van der Waals surface area contributed by atoms with Gasteiger partial charge in [0, 0.05) is 19.1 Å². The summed E-state index contributed by atoms with van der Waals surface area (Å²) in [7, 11) is 1.69. The summed E-state index contributed by atoms with van der Waals surface area (Å²) in [6.45, 7) is 7.42. The summed E-state index contributed by atoms with van der Waals surface area (Å²) in [5, 5.41) is 3.58. The molecule has 0 amide bonds. The molecule has 118 valence electrons. The Morgan fingerprint density at radius 1 is 1.43 bits per heavy atom. The minimum atomic E-state index is 0.181. The summed E-state index contributed by atoms with van der Waals surface area (Å²) >= 11 is 3.57. The van der Waals surface area contributed by atoms with Gasteiger partial charge < -0.3 is 14.8 Å². The van der Waals surface area contributed by atoms with Crippen LogP contribution in [0.3, 0.4) is 0 Å². The Bertz CT molecular complexity index is 450. The highest BCUT2D eigenvalue weighted by atomic mass is 79.9. The molecule has 2 rings (SSSR count). The van der Waals surface area contributed by atoms with Gasteiger partial charge in [-0.2, -0.15) is 0 Å². The van der Waals surface area contributed by atoms with Crippen molar-refractivity contribution in [1.82, 2.24) is 5.32 Å². The summed E-state index contributed by atoms with van der Waals surface area (Å²) in [6.07, 6.45) is 2.56. The number of nitrogens with one attached hydrogen (secondary N) is 1. The summed E-state index contributed by atoms with van der Waals surface area (Å²) in [6, 6.07) is 6.26. The van der Waals surface area contributed by atoms with Crippen molar-refractivity contribution in [2.45, 2.75) is 32.8 Å². The highest BCUT2D eigenvalue weighted by molar-refractivity contribution is 9.10. The van der Waals surface area contributed by atoms with E-state index in [-0.39, 0.29) is 6.10 Å². The Hall–Kier alpha value is -0.580. The maximum atomic E-state index is 6.06. The average Bonchev–Trinajstić information content (AvgIpc) is 2.47. The van der Waals surface area contributed by atoms with Gasteiger partial charge in [0.25, 0.3) is 0 Å². The molecule has 1 aliphatic heterocycles. The van der Waals surface area contributed by atoms with Crippen LogP contribution in [0.2, 0.25) is 0 Å². The van der Waals surface area contributed by atoms with Gasteiger partial charge >= 0.3 is 0 Å². The van der Waals surface area contributed by atoms with Crippen LogP contribution in [0.1, 0.15) is 38.4 Å². The van der Waals surface area contributed by atoms with Crippen LogP contribution in [-0.2, 0) is 4.74 Å². The van der Waals surface area contributed by atoms with Gasteiger partial charge in [0.2, 0.25) is 0 Å². The maximum absolute atomic E-state index is 6.06. The van der Waals surface area contributed by atoms with Gasteiger partial charge in [-0.25, -0.2) is 0 Å². The van der Waals surface area contributed by atoms with E-state index in [1.54, 1.807) is 7.11 Å². The fourth-order valence-corrected chi connectivity index (χ4v) is 3.40. The Morgan fingerprint density at radius 3 is 2.90 bits per heavy atom. The van der Waals surface area contributed by atoms with E-state index < -0.39 is 0 Å². The van der Waals surface area contributed by atoms with E-state index >= 15 is 0 Å². The van der Waals surface area contributed by atoms with Gasteiger partial charge in [0.15, 0.2) is 0 Å². The van der Waals surface area contributed by atoms with Crippen LogP contribution >= 0.6 is 15.9 Å². The molecule has 3 nitrogen and oxygen atoms in total. The van der Waals surface area contributed by atoms with E-state index in [1.807, 2.05) is 6.07 Å². The molecule has 0 saturated carbocycles. The van der Waals surface area contributed by atoms with Crippen molar-refractivity contribution in [2.24, 2.45) is 11.8 Å². The lowest BCUT2D eigenvalue weighted by Crippen LogP contribution is -2.33. The first-order chi connectivity index (χ1) is 10.1. The predicted molar refractivity (Wildman–Crippen MR) is 89.8 cm³/mol. The molecule has 1 aliphatic rings. The summed E-state index contributed by atoms with van der Waals surface area (Å²) in [5.41, 5.74) is 1.23. The topological polar surface area (TPSA) is 30.5 Å². The minimum Gasteiger partial charge on any atom is -0.496 e. The zero-order chi connectivity index (χ0) is 15.2. The smallest absolute Gasteiger partial charge is 0.133 e. The zero-order valence-corrected chi connectivity index (χ0v) is 14.8. The molecule has 2 atom stereocenters. The van der Waals surface area contributed by atoms with Crippen LogP contribution in [0, 0.1) is 11.8 Å². The third-order valence-corrected chi connectivity index (χ3v) is 4.53. The van der Waals surface area contributed by atoms with Gasteiger partial charge in [0.05, 0.1) is 17.7 Å². The third kappa shape index (κ3) is 4.70. The monoisotopic (exact) mass is 355 g/mol. The fraction of sp³-hybridized carbons (Fsp3) is 0.647. The van der Waals surface area contributed by atoms with E-state index in [2.05, 4.69) is 47.2 Å². The molecule has 1 heterocycles. The molecule has 0 bridgehead atoms. The van der Waals surface area contributed by atoms with Crippen molar-refractivity contribution < 1.29 is 9.47 Å². The number of hydrogen-bond donors (Lipinski definition) is 1. The standard InChI is InChI=1S/C17H26BrNO2/c1-12(2)10-19-11-14-5-4-8-21-17(14)13-6-7-16(20-3)15(18)9-13/h6-7,9,12,14,17,19H,4-5,8,10-11H2,1-3H3. The largest absolute Gasteiger partial charge is 0.496 e. The first-order valence-electron chi connectivity index (χ1n) is 7.77. The van der Waals surface area contributed by atoms with E-state index in [1.165, 1.54) is 12.0 Å². The molecule has 0 aliphatic carbocycles. The minimum absolute atomic E-state index is 0.181. The van der Waals surface area contributed by atoms with Crippen LogP contribution < -0.4 is 10.1 Å². The molecular weight excluding hydrogens is 330 g/mol.